The number of aromatic nitrogens is 1. The Bertz CT molecular complexity index is 835. The molecule has 0 bridgehead atoms. The summed E-state index contributed by atoms with van der Waals surface area (Å²) in [6, 6.07) is 2.11. The van der Waals surface area contributed by atoms with E-state index in [0.29, 0.717) is 32.5 Å². The molecule has 1 saturated heterocycles. The lowest BCUT2D eigenvalue weighted by molar-refractivity contribution is -0.0908. The van der Waals surface area contributed by atoms with E-state index >= 15 is 0 Å². The van der Waals surface area contributed by atoms with Crippen molar-refractivity contribution in [2.24, 2.45) is 0 Å². The summed E-state index contributed by atoms with van der Waals surface area (Å²) in [5.74, 6) is 0.0963. The third kappa shape index (κ3) is 3.39. The van der Waals surface area contributed by atoms with Gasteiger partial charge in [0.05, 0.1) is 17.7 Å². The number of thiophene rings is 1. The van der Waals surface area contributed by atoms with Crippen molar-refractivity contribution in [2.75, 3.05) is 19.7 Å². The second kappa shape index (κ2) is 7.09. The van der Waals surface area contributed by atoms with Gasteiger partial charge in [-0.3, -0.25) is 9.59 Å². The Hall–Kier alpha value is -2.19. The maximum absolute atomic E-state index is 12.5. The molecule has 2 aliphatic rings. The zero-order chi connectivity index (χ0) is 19.0. The van der Waals surface area contributed by atoms with Gasteiger partial charge in [-0.05, 0) is 44.7 Å². The van der Waals surface area contributed by atoms with Gasteiger partial charge in [-0.15, -0.1) is 11.3 Å². The normalized spacial score (nSPS) is 18.6. The van der Waals surface area contributed by atoms with E-state index < -0.39 is 5.60 Å². The molecule has 4 rings (SSSR count). The molecule has 1 fully saturated rings. The largest absolute Gasteiger partial charge is 0.438 e. The third-order valence-electron chi connectivity index (χ3n) is 5.12. The summed E-state index contributed by atoms with van der Waals surface area (Å²) in [4.78, 5) is 32.4. The zero-order valence-corrected chi connectivity index (χ0v) is 16.3. The molecule has 0 unspecified atom stereocenters. The molecular weight excluding hydrogens is 366 g/mol. The average Bonchev–Trinajstić information content (AvgIpc) is 3.32. The first-order valence-electron chi connectivity index (χ1n) is 9.24. The minimum atomic E-state index is -0.396. The molecule has 8 heteroatoms. The van der Waals surface area contributed by atoms with Crippen LogP contribution in [0.2, 0.25) is 0 Å². The van der Waals surface area contributed by atoms with Gasteiger partial charge in [0.2, 0.25) is 5.76 Å². The van der Waals surface area contributed by atoms with Gasteiger partial charge in [-0.1, -0.05) is 0 Å². The Labute approximate surface area is 161 Å². The average molecular weight is 389 g/mol. The highest BCUT2D eigenvalue weighted by molar-refractivity contribution is 7.14. The number of likely N-dealkylation sites (tertiary alicyclic amines) is 1. The molecule has 0 saturated carbocycles. The van der Waals surface area contributed by atoms with E-state index in [1.54, 1.807) is 4.90 Å². The SMILES string of the molecule is CC(C)NC(=O)c1cc2c(s1)C1(CCN(C(=O)c3cnco3)CC1)OCC2. The summed E-state index contributed by atoms with van der Waals surface area (Å²) in [5.41, 5.74) is 0.808. The second-order valence-electron chi connectivity index (χ2n) is 7.34. The molecule has 0 aromatic carbocycles. The number of rotatable bonds is 3. The molecule has 0 radical (unpaired) electrons. The van der Waals surface area contributed by atoms with E-state index in [0.717, 1.165) is 16.2 Å². The second-order valence-corrected chi connectivity index (χ2v) is 8.40. The Morgan fingerprint density at radius 3 is 2.78 bits per heavy atom. The number of oxazole rings is 1. The van der Waals surface area contributed by atoms with E-state index in [1.807, 2.05) is 19.9 Å². The molecule has 2 amide bonds. The number of amides is 2. The van der Waals surface area contributed by atoms with Gasteiger partial charge in [0, 0.05) is 24.0 Å². The molecule has 0 aliphatic carbocycles. The van der Waals surface area contributed by atoms with E-state index in [1.165, 1.54) is 29.5 Å². The first kappa shape index (κ1) is 18.2. The van der Waals surface area contributed by atoms with Crippen LogP contribution in [0, 0.1) is 0 Å². The van der Waals surface area contributed by atoms with Gasteiger partial charge in [0.1, 0.15) is 5.60 Å². The highest BCUT2D eigenvalue weighted by Gasteiger charge is 2.43. The molecule has 7 nitrogen and oxygen atoms in total. The first-order chi connectivity index (χ1) is 13.0. The quantitative estimate of drug-likeness (QED) is 0.872. The van der Waals surface area contributed by atoms with Gasteiger partial charge < -0.3 is 19.4 Å². The zero-order valence-electron chi connectivity index (χ0n) is 15.5. The Morgan fingerprint density at radius 1 is 1.33 bits per heavy atom. The molecule has 2 aromatic heterocycles. The van der Waals surface area contributed by atoms with Gasteiger partial charge in [-0.25, -0.2) is 4.98 Å². The molecule has 1 N–H and O–H groups in total. The number of nitrogens with one attached hydrogen (secondary N) is 1. The number of carbonyl (C=O) groups excluding carboxylic acids is 2. The van der Waals surface area contributed by atoms with Crippen LogP contribution in [0.25, 0.3) is 0 Å². The lowest BCUT2D eigenvalue weighted by Crippen LogP contribution is -2.47. The van der Waals surface area contributed by atoms with E-state index in [9.17, 15) is 9.59 Å². The molecule has 1 spiro atoms. The smallest absolute Gasteiger partial charge is 0.291 e. The Kier molecular flexibility index (Phi) is 4.77. The van der Waals surface area contributed by atoms with Crippen molar-refractivity contribution in [2.45, 2.75) is 44.8 Å². The fourth-order valence-corrected chi connectivity index (χ4v) is 5.10. The summed E-state index contributed by atoms with van der Waals surface area (Å²) in [7, 11) is 0. The molecule has 0 atom stereocenters. The number of ether oxygens (including phenoxy) is 1. The summed E-state index contributed by atoms with van der Waals surface area (Å²) < 4.78 is 11.4. The van der Waals surface area contributed by atoms with Crippen LogP contribution in [-0.4, -0.2) is 47.4 Å². The standard InChI is InChI=1S/C19H23N3O4S/c1-12(2)21-17(23)15-9-13-3-8-26-19(16(13)27-15)4-6-22(7-5-19)18(24)14-10-20-11-25-14/h9-12H,3-8H2,1-2H3,(H,21,23). The Morgan fingerprint density at radius 2 is 2.11 bits per heavy atom. The van der Waals surface area contributed by atoms with Crippen LogP contribution in [0.3, 0.4) is 0 Å². The minimum Gasteiger partial charge on any atom is -0.438 e. The predicted molar refractivity (Wildman–Crippen MR) is 99.9 cm³/mol. The number of hydrogen-bond donors (Lipinski definition) is 1. The van der Waals surface area contributed by atoms with Gasteiger partial charge >= 0.3 is 0 Å². The molecule has 2 aromatic rings. The number of fused-ring (bicyclic) bond motifs is 2. The van der Waals surface area contributed by atoms with Crippen LogP contribution in [-0.2, 0) is 16.8 Å². The van der Waals surface area contributed by atoms with Crippen molar-refractivity contribution in [1.29, 1.82) is 0 Å². The predicted octanol–water partition coefficient (Wildman–Crippen LogP) is 2.58. The lowest BCUT2D eigenvalue weighted by atomic mass is 9.85. The van der Waals surface area contributed by atoms with Gasteiger partial charge in [-0.2, -0.15) is 0 Å². The van der Waals surface area contributed by atoms with Crippen molar-refractivity contribution in [3.05, 3.63) is 39.7 Å². The van der Waals surface area contributed by atoms with Crippen LogP contribution >= 0.6 is 11.3 Å². The maximum atomic E-state index is 12.5. The number of piperidine rings is 1. The number of nitrogens with zero attached hydrogens (tertiary/aromatic N) is 2. The van der Waals surface area contributed by atoms with Crippen molar-refractivity contribution in [3.8, 4) is 0 Å². The summed E-state index contributed by atoms with van der Waals surface area (Å²) >= 11 is 1.53. The molecule has 27 heavy (non-hydrogen) atoms. The maximum Gasteiger partial charge on any atom is 0.291 e. The van der Waals surface area contributed by atoms with E-state index in [4.69, 9.17) is 9.15 Å². The fourth-order valence-electron chi connectivity index (χ4n) is 3.79. The van der Waals surface area contributed by atoms with E-state index in [2.05, 4.69) is 10.3 Å². The van der Waals surface area contributed by atoms with Crippen LogP contribution in [0.15, 0.2) is 23.1 Å². The monoisotopic (exact) mass is 389 g/mol. The van der Waals surface area contributed by atoms with Crippen molar-refractivity contribution in [1.82, 2.24) is 15.2 Å². The topological polar surface area (TPSA) is 84.7 Å². The molecule has 4 heterocycles. The summed E-state index contributed by atoms with van der Waals surface area (Å²) in [5, 5.41) is 2.96. The van der Waals surface area contributed by atoms with Gasteiger partial charge in [0.25, 0.3) is 11.8 Å². The molecule has 2 aliphatic heterocycles. The highest BCUT2D eigenvalue weighted by atomic mass is 32.1. The number of carbonyl (C=O) groups is 2. The Balaban J connectivity index is 1.52. The van der Waals surface area contributed by atoms with Crippen molar-refractivity contribution in [3.63, 3.8) is 0 Å². The van der Waals surface area contributed by atoms with Crippen LogP contribution in [0.1, 0.15) is 57.4 Å². The summed E-state index contributed by atoms with van der Waals surface area (Å²) in [6.45, 7) is 5.73. The third-order valence-corrected chi connectivity index (χ3v) is 6.48. The van der Waals surface area contributed by atoms with Crippen molar-refractivity contribution >= 4 is 23.2 Å². The first-order valence-corrected chi connectivity index (χ1v) is 10.1. The van der Waals surface area contributed by atoms with Crippen LogP contribution in [0.4, 0.5) is 0 Å². The van der Waals surface area contributed by atoms with Crippen LogP contribution < -0.4 is 5.32 Å². The fraction of sp³-hybridized carbons (Fsp3) is 0.526. The van der Waals surface area contributed by atoms with E-state index in [-0.39, 0.29) is 23.6 Å². The minimum absolute atomic E-state index is 0.0301. The molecule has 144 valence electrons. The molecular formula is C19H23N3O4S. The summed E-state index contributed by atoms with van der Waals surface area (Å²) in [6.07, 6.45) is 4.96. The lowest BCUT2D eigenvalue weighted by Gasteiger charge is -2.43. The number of hydrogen-bond acceptors (Lipinski definition) is 6. The highest BCUT2D eigenvalue weighted by Crippen LogP contribution is 2.45. The van der Waals surface area contributed by atoms with Crippen LogP contribution in [0.5, 0.6) is 0 Å². The van der Waals surface area contributed by atoms with Gasteiger partial charge in [0.15, 0.2) is 6.39 Å². The van der Waals surface area contributed by atoms with Crippen molar-refractivity contribution < 1.29 is 18.7 Å².